The molecule has 0 amide bonds. The Kier molecular flexibility index (Phi) is 4.85. The average Bonchev–Trinajstić information content (AvgIpc) is 2.52. The predicted molar refractivity (Wildman–Crippen MR) is 85.4 cm³/mol. The summed E-state index contributed by atoms with van der Waals surface area (Å²) in [7, 11) is 0. The van der Waals surface area contributed by atoms with Crippen LogP contribution in [0.3, 0.4) is 0 Å². The Bertz CT molecular complexity index is 623. The van der Waals surface area contributed by atoms with Gasteiger partial charge in [-0.1, -0.05) is 17.7 Å². The van der Waals surface area contributed by atoms with E-state index >= 15 is 0 Å². The van der Waals surface area contributed by atoms with Gasteiger partial charge < -0.3 is 5.32 Å². The molecular weight excluding hydrogens is 303 g/mol. The van der Waals surface area contributed by atoms with Crippen molar-refractivity contribution in [3.63, 3.8) is 0 Å². The van der Waals surface area contributed by atoms with E-state index in [2.05, 4.69) is 20.2 Å². The minimum atomic E-state index is -0.355. The fraction of sp³-hybridized carbons (Fsp3) is 0.375. The molecule has 3 rings (SSSR count). The van der Waals surface area contributed by atoms with Gasteiger partial charge in [0.2, 0.25) is 0 Å². The molecule has 1 saturated heterocycles. The maximum atomic E-state index is 13.5. The lowest BCUT2D eigenvalue weighted by molar-refractivity contribution is 0.208. The van der Waals surface area contributed by atoms with E-state index in [0.29, 0.717) is 6.04 Å². The molecule has 22 heavy (non-hydrogen) atoms. The Hall–Kier alpha value is -1.72. The minimum Gasteiger partial charge on any atom is -0.366 e. The van der Waals surface area contributed by atoms with E-state index in [4.69, 9.17) is 11.6 Å². The Balaban J connectivity index is 1.59. The summed E-state index contributed by atoms with van der Waals surface area (Å²) in [5, 5.41) is 3.60. The van der Waals surface area contributed by atoms with Gasteiger partial charge in [0.25, 0.3) is 0 Å². The molecule has 0 bridgehead atoms. The number of piperidine rings is 1. The monoisotopic (exact) mass is 320 g/mol. The minimum absolute atomic E-state index is 0.172. The maximum Gasteiger partial charge on any atom is 0.142 e. The number of nitrogens with one attached hydrogen (secondary N) is 1. The molecule has 0 spiro atoms. The van der Waals surface area contributed by atoms with E-state index in [-0.39, 0.29) is 10.8 Å². The molecule has 0 saturated carbocycles. The average molecular weight is 321 g/mol. The van der Waals surface area contributed by atoms with Crippen molar-refractivity contribution in [2.75, 3.05) is 18.4 Å². The van der Waals surface area contributed by atoms with Gasteiger partial charge in [0, 0.05) is 25.3 Å². The van der Waals surface area contributed by atoms with Crippen LogP contribution >= 0.6 is 11.6 Å². The third-order valence-electron chi connectivity index (χ3n) is 3.83. The van der Waals surface area contributed by atoms with E-state index in [1.54, 1.807) is 18.6 Å². The number of halogens is 2. The molecule has 6 heteroatoms. The van der Waals surface area contributed by atoms with Gasteiger partial charge in [0.05, 0.1) is 5.02 Å². The highest BCUT2D eigenvalue weighted by atomic mass is 35.5. The summed E-state index contributed by atoms with van der Waals surface area (Å²) in [6, 6.07) is 7.23. The van der Waals surface area contributed by atoms with Crippen LogP contribution in [0.25, 0.3) is 0 Å². The number of hydrogen-bond donors (Lipinski definition) is 1. The molecule has 1 fully saturated rings. The van der Waals surface area contributed by atoms with Crippen LogP contribution in [0.15, 0.2) is 36.8 Å². The van der Waals surface area contributed by atoms with Crippen molar-refractivity contribution in [3.05, 3.63) is 53.2 Å². The molecule has 2 heterocycles. The van der Waals surface area contributed by atoms with E-state index in [1.165, 1.54) is 6.07 Å². The van der Waals surface area contributed by atoms with Gasteiger partial charge in [-0.15, -0.1) is 0 Å². The second-order valence-corrected chi connectivity index (χ2v) is 5.97. The second kappa shape index (κ2) is 7.03. The van der Waals surface area contributed by atoms with Crippen molar-refractivity contribution >= 4 is 17.4 Å². The van der Waals surface area contributed by atoms with Gasteiger partial charge in [0.1, 0.15) is 18.0 Å². The van der Waals surface area contributed by atoms with Crippen LogP contribution in [0, 0.1) is 5.82 Å². The summed E-state index contributed by atoms with van der Waals surface area (Å²) >= 11 is 5.73. The number of likely N-dealkylation sites (tertiary alicyclic amines) is 1. The number of rotatable bonds is 4. The number of hydrogen-bond acceptors (Lipinski definition) is 4. The van der Waals surface area contributed by atoms with Crippen molar-refractivity contribution in [1.29, 1.82) is 0 Å². The van der Waals surface area contributed by atoms with Gasteiger partial charge in [-0.3, -0.25) is 4.90 Å². The molecule has 1 unspecified atom stereocenters. The van der Waals surface area contributed by atoms with E-state index in [9.17, 15) is 4.39 Å². The zero-order valence-electron chi connectivity index (χ0n) is 12.2. The van der Waals surface area contributed by atoms with Crippen LogP contribution in [0.5, 0.6) is 0 Å². The van der Waals surface area contributed by atoms with Crippen LogP contribution in [0.4, 0.5) is 10.2 Å². The van der Waals surface area contributed by atoms with Gasteiger partial charge in [0.15, 0.2) is 0 Å². The van der Waals surface area contributed by atoms with Crippen molar-refractivity contribution in [1.82, 2.24) is 14.9 Å². The Morgan fingerprint density at radius 2 is 2.27 bits per heavy atom. The van der Waals surface area contributed by atoms with Crippen LogP contribution in [0.1, 0.15) is 18.4 Å². The second-order valence-electron chi connectivity index (χ2n) is 5.56. The molecule has 1 aromatic heterocycles. The number of benzene rings is 1. The molecule has 1 N–H and O–H groups in total. The zero-order chi connectivity index (χ0) is 15.4. The lowest BCUT2D eigenvalue weighted by Gasteiger charge is -2.33. The largest absolute Gasteiger partial charge is 0.366 e. The molecule has 116 valence electrons. The Morgan fingerprint density at radius 3 is 3.05 bits per heavy atom. The van der Waals surface area contributed by atoms with Crippen molar-refractivity contribution in [3.8, 4) is 0 Å². The van der Waals surface area contributed by atoms with E-state index in [0.717, 1.165) is 43.9 Å². The predicted octanol–water partition coefficient (Wildman–Crippen LogP) is 3.35. The SMILES string of the molecule is Fc1cc(CN2CCCC(Nc3ccncn3)C2)ccc1Cl. The topological polar surface area (TPSA) is 41.0 Å². The summed E-state index contributed by atoms with van der Waals surface area (Å²) < 4.78 is 13.5. The fourth-order valence-corrected chi connectivity index (χ4v) is 2.92. The standard InChI is InChI=1S/C16H18ClFN4/c17-14-4-3-12(8-15(14)18)9-22-7-1-2-13(10-22)21-16-5-6-19-11-20-16/h3-6,8,11,13H,1-2,7,9-10H2,(H,19,20,21). The van der Waals surface area contributed by atoms with Gasteiger partial charge >= 0.3 is 0 Å². The third-order valence-corrected chi connectivity index (χ3v) is 4.14. The maximum absolute atomic E-state index is 13.5. The van der Waals surface area contributed by atoms with Crippen LogP contribution in [-0.2, 0) is 6.54 Å². The third kappa shape index (κ3) is 3.93. The van der Waals surface area contributed by atoms with Gasteiger partial charge in [-0.25, -0.2) is 14.4 Å². The summed E-state index contributed by atoms with van der Waals surface area (Å²) in [5.74, 6) is 0.492. The lowest BCUT2D eigenvalue weighted by Crippen LogP contribution is -2.41. The first kappa shape index (κ1) is 15.2. The Morgan fingerprint density at radius 1 is 1.36 bits per heavy atom. The highest BCUT2D eigenvalue weighted by Crippen LogP contribution is 2.19. The molecule has 1 atom stereocenters. The molecular formula is C16H18ClFN4. The van der Waals surface area contributed by atoms with Gasteiger partial charge in [-0.2, -0.15) is 0 Å². The van der Waals surface area contributed by atoms with Crippen molar-refractivity contribution in [2.45, 2.75) is 25.4 Å². The van der Waals surface area contributed by atoms with Crippen molar-refractivity contribution in [2.24, 2.45) is 0 Å². The van der Waals surface area contributed by atoms with E-state index in [1.807, 2.05) is 12.1 Å². The molecule has 4 nitrogen and oxygen atoms in total. The molecule has 1 aliphatic heterocycles. The normalized spacial score (nSPS) is 19.1. The first-order chi connectivity index (χ1) is 10.7. The summed E-state index contributed by atoms with van der Waals surface area (Å²) in [6.45, 7) is 2.66. The first-order valence-electron chi connectivity index (χ1n) is 7.39. The zero-order valence-corrected chi connectivity index (χ0v) is 12.9. The lowest BCUT2D eigenvalue weighted by atomic mass is 10.0. The summed E-state index contributed by atoms with van der Waals surface area (Å²) in [6.07, 6.45) is 5.49. The van der Waals surface area contributed by atoms with Crippen LogP contribution in [-0.4, -0.2) is 34.0 Å². The molecule has 1 aliphatic rings. The molecule has 0 radical (unpaired) electrons. The number of aromatic nitrogens is 2. The van der Waals surface area contributed by atoms with Crippen LogP contribution in [0.2, 0.25) is 5.02 Å². The fourth-order valence-electron chi connectivity index (χ4n) is 2.80. The smallest absolute Gasteiger partial charge is 0.142 e. The van der Waals surface area contributed by atoms with Gasteiger partial charge in [-0.05, 0) is 43.1 Å². The number of nitrogens with zero attached hydrogens (tertiary/aromatic N) is 3. The quantitative estimate of drug-likeness (QED) is 0.938. The highest BCUT2D eigenvalue weighted by Gasteiger charge is 2.20. The number of anilines is 1. The van der Waals surface area contributed by atoms with Crippen molar-refractivity contribution < 1.29 is 4.39 Å². The summed E-state index contributed by atoms with van der Waals surface area (Å²) in [4.78, 5) is 10.4. The Labute approximate surface area is 134 Å². The van der Waals surface area contributed by atoms with Crippen LogP contribution < -0.4 is 5.32 Å². The molecule has 1 aromatic carbocycles. The highest BCUT2D eigenvalue weighted by molar-refractivity contribution is 6.30. The first-order valence-corrected chi connectivity index (χ1v) is 7.77. The van der Waals surface area contributed by atoms with E-state index < -0.39 is 0 Å². The molecule has 2 aromatic rings. The molecule has 0 aliphatic carbocycles. The summed E-state index contributed by atoms with van der Waals surface area (Å²) in [5.41, 5.74) is 0.949.